The van der Waals surface area contributed by atoms with E-state index in [1.54, 1.807) is 48.7 Å². The molecule has 25 heavy (non-hydrogen) atoms. The van der Waals surface area contributed by atoms with Crippen molar-refractivity contribution in [1.82, 2.24) is 9.97 Å². The van der Waals surface area contributed by atoms with Crippen molar-refractivity contribution in [3.8, 4) is 5.88 Å². The summed E-state index contributed by atoms with van der Waals surface area (Å²) in [6.45, 7) is 0. The molecule has 0 fully saturated rings. The monoisotopic (exact) mass is 338 g/mol. The number of carbonyl (C=O) groups excluding carboxylic acids is 1. The molecule has 0 aliphatic rings. The van der Waals surface area contributed by atoms with E-state index in [-0.39, 0.29) is 5.69 Å². The molecule has 0 saturated heterocycles. The third-order valence-electron chi connectivity index (χ3n) is 3.47. The van der Waals surface area contributed by atoms with Crippen LogP contribution in [-0.2, 0) is 4.74 Å². The van der Waals surface area contributed by atoms with Crippen LogP contribution >= 0.6 is 0 Å². The molecule has 0 bridgehead atoms. The van der Waals surface area contributed by atoms with Crippen LogP contribution in [0.4, 0.5) is 4.39 Å². The van der Waals surface area contributed by atoms with Gasteiger partial charge in [0, 0.05) is 17.8 Å². The zero-order valence-corrected chi connectivity index (χ0v) is 13.4. The van der Waals surface area contributed by atoms with E-state index in [1.807, 2.05) is 0 Å². The Morgan fingerprint density at radius 1 is 1.08 bits per heavy atom. The topological polar surface area (TPSA) is 61.3 Å². The number of methoxy groups -OCH3 is 1. The summed E-state index contributed by atoms with van der Waals surface area (Å²) in [5, 5.41) is 0. The van der Waals surface area contributed by atoms with Crippen molar-refractivity contribution in [3.63, 3.8) is 0 Å². The van der Waals surface area contributed by atoms with E-state index in [0.717, 1.165) is 0 Å². The summed E-state index contributed by atoms with van der Waals surface area (Å²) in [6.07, 6.45) is 0.733. The predicted octanol–water partition coefficient (Wildman–Crippen LogP) is 3.57. The number of rotatable bonds is 5. The zero-order valence-electron chi connectivity index (χ0n) is 13.4. The first-order chi connectivity index (χ1) is 12.2. The highest BCUT2D eigenvalue weighted by Crippen LogP contribution is 2.26. The molecular weight excluding hydrogens is 323 g/mol. The fourth-order valence-corrected chi connectivity index (χ4v) is 2.31. The second-order valence-corrected chi connectivity index (χ2v) is 5.16. The third kappa shape index (κ3) is 3.98. The van der Waals surface area contributed by atoms with Crippen molar-refractivity contribution in [2.75, 3.05) is 7.11 Å². The van der Waals surface area contributed by atoms with Crippen molar-refractivity contribution >= 4 is 5.97 Å². The van der Waals surface area contributed by atoms with Gasteiger partial charge in [0.1, 0.15) is 5.82 Å². The van der Waals surface area contributed by atoms with Gasteiger partial charge in [-0.15, -0.1) is 0 Å². The minimum absolute atomic E-state index is 0.0942. The standard InChI is InChI=1S/C19H15FN2O3/c1-24-17-10-5-9-16(22-17)19(23)25-18(15-8-2-3-11-21-15)13-6-4-7-14(20)12-13/h2-12,18H,1H3. The quantitative estimate of drug-likeness (QED) is 0.666. The van der Waals surface area contributed by atoms with Crippen LogP contribution in [0.2, 0.25) is 0 Å². The highest BCUT2D eigenvalue weighted by atomic mass is 19.1. The molecule has 0 spiro atoms. The van der Waals surface area contributed by atoms with Gasteiger partial charge in [0.05, 0.1) is 12.8 Å². The van der Waals surface area contributed by atoms with Gasteiger partial charge >= 0.3 is 5.97 Å². The molecule has 6 heteroatoms. The minimum atomic E-state index is -0.850. The Balaban J connectivity index is 1.93. The van der Waals surface area contributed by atoms with E-state index in [4.69, 9.17) is 9.47 Å². The van der Waals surface area contributed by atoms with Crippen molar-refractivity contribution in [3.05, 3.63) is 89.6 Å². The van der Waals surface area contributed by atoms with Gasteiger partial charge in [-0.3, -0.25) is 4.98 Å². The Hall–Kier alpha value is -3.28. The van der Waals surface area contributed by atoms with E-state index in [1.165, 1.54) is 25.3 Å². The van der Waals surface area contributed by atoms with Crippen molar-refractivity contribution in [2.45, 2.75) is 6.10 Å². The average molecular weight is 338 g/mol. The lowest BCUT2D eigenvalue weighted by Gasteiger charge is -2.18. The van der Waals surface area contributed by atoms with Gasteiger partial charge in [-0.25, -0.2) is 14.2 Å². The average Bonchev–Trinajstić information content (AvgIpc) is 2.66. The zero-order chi connectivity index (χ0) is 17.6. The third-order valence-corrected chi connectivity index (χ3v) is 3.47. The molecule has 0 amide bonds. The normalized spacial score (nSPS) is 11.6. The highest BCUT2D eigenvalue weighted by molar-refractivity contribution is 5.87. The molecule has 1 atom stereocenters. The molecule has 0 radical (unpaired) electrons. The number of hydrogen-bond donors (Lipinski definition) is 0. The van der Waals surface area contributed by atoms with Gasteiger partial charge < -0.3 is 9.47 Å². The maximum atomic E-state index is 13.6. The largest absolute Gasteiger partial charge is 0.481 e. The fraction of sp³-hybridized carbons (Fsp3) is 0.105. The van der Waals surface area contributed by atoms with E-state index < -0.39 is 17.9 Å². The lowest BCUT2D eigenvalue weighted by Crippen LogP contribution is -2.15. The maximum absolute atomic E-state index is 13.6. The molecule has 5 nitrogen and oxygen atoms in total. The Labute approximate surface area is 144 Å². The lowest BCUT2D eigenvalue weighted by molar-refractivity contribution is 0.0362. The number of carbonyl (C=O) groups is 1. The lowest BCUT2D eigenvalue weighted by atomic mass is 10.1. The molecule has 1 aromatic carbocycles. The van der Waals surface area contributed by atoms with E-state index >= 15 is 0 Å². The maximum Gasteiger partial charge on any atom is 0.358 e. The smallest absolute Gasteiger partial charge is 0.358 e. The Morgan fingerprint density at radius 3 is 2.64 bits per heavy atom. The predicted molar refractivity (Wildman–Crippen MR) is 88.7 cm³/mol. The van der Waals surface area contributed by atoms with Crippen LogP contribution in [0.3, 0.4) is 0 Å². The van der Waals surface area contributed by atoms with Gasteiger partial charge in [-0.1, -0.05) is 24.3 Å². The molecule has 126 valence electrons. The number of halogens is 1. The second-order valence-electron chi connectivity index (χ2n) is 5.16. The second kappa shape index (κ2) is 7.53. The number of aromatic nitrogens is 2. The SMILES string of the molecule is COc1cccc(C(=O)OC(c2cccc(F)c2)c2ccccn2)n1. The van der Waals surface area contributed by atoms with Crippen LogP contribution < -0.4 is 4.74 Å². The number of pyridine rings is 2. The van der Waals surface area contributed by atoms with Crippen LogP contribution in [0.5, 0.6) is 5.88 Å². The molecule has 0 saturated carbocycles. The summed E-state index contributed by atoms with van der Waals surface area (Å²) in [7, 11) is 1.46. The summed E-state index contributed by atoms with van der Waals surface area (Å²) < 4.78 is 24.2. The number of hydrogen-bond acceptors (Lipinski definition) is 5. The first kappa shape index (κ1) is 16.6. The van der Waals surface area contributed by atoms with Crippen LogP contribution in [0.15, 0.2) is 66.9 Å². The molecule has 0 aliphatic heterocycles. The van der Waals surface area contributed by atoms with Crippen LogP contribution in [0, 0.1) is 5.82 Å². The number of ether oxygens (including phenoxy) is 2. The molecule has 3 rings (SSSR count). The van der Waals surface area contributed by atoms with E-state index in [2.05, 4.69) is 9.97 Å². The molecule has 2 heterocycles. The number of benzene rings is 1. The van der Waals surface area contributed by atoms with Crippen molar-refractivity contribution < 1.29 is 18.7 Å². The van der Waals surface area contributed by atoms with Crippen LogP contribution in [0.1, 0.15) is 27.8 Å². The van der Waals surface area contributed by atoms with Gasteiger partial charge in [0.2, 0.25) is 5.88 Å². The summed E-state index contributed by atoms with van der Waals surface area (Å²) in [6, 6.07) is 15.9. The Kier molecular flexibility index (Phi) is 4.99. The first-order valence-electron chi connectivity index (χ1n) is 7.56. The summed E-state index contributed by atoms with van der Waals surface area (Å²) in [5.74, 6) is -0.776. The van der Waals surface area contributed by atoms with Crippen molar-refractivity contribution in [1.29, 1.82) is 0 Å². The first-order valence-corrected chi connectivity index (χ1v) is 7.56. The van der Waals surface area contributed by atoms with Crippen molar-refractivity contribution in [2.24, 2.45) is 0 Å². The Morgan fingerprint density at radius 2 is 1.92 bits per heavy atom. The highest BCUT2D eigenvalue weighted by Gasteiger charge is 2.22. The van der Waals surface area contributed by atoms with E-state index in [0.29, 0.717) is 17.1 Å². The van der Waals surface area contributed by atoms with Gasteiger partial charge in [-0.2, -0.15) is 0 Å². The number of esters is 1. The summed E-state index contributed by atoms with van der Waals surface area (Å²) in [4.78, 5) is 20.8. The van der Waals surface area contributed by atoms with Gasteiger partial charge in [0.15, 0.2) is 11.8 Å². The van der Waals surface area contributed by atoms with Gasteiger partial charge in [-0.05, 0) is 30.3 Å². The fourth-order valence-electron chi connectivity index (χ4n) is 2.31. The molecule has 3 aromatic rings. The minimum Gasteiger partial charge on any atom is -0.481 e. The summed E-state index contributed by atoms with van der Waals surface area (Å²) >= 11 is 0. The number of nitrogens with zero attached hydrogens (tertiary/aromatic N) is 2. The van der Waals surface area contributed by atoms with Crippen LogP contribution in [-0.4, -0.2) is 23.0 Å². The van der Waals surface area contributed by atoms with Gasteiger partial charge in [0.25, 0.3) is 0 Å². The molecule has 0 N–H and O–H groups in total. The molecule has 2 aromatic heterocycles. The molecule has 1 unspecified atom stereocenters. The molecular formula is C19H15FN2O3. The molecule has 0 aliphatic carbocycles. The Bertz CT molecular complexity index is 871. The van der Waals surface area contributed by atoms with E-state index in [9.17, 15) is 9.18 Å². The van der Waals surface area contributed by atoms with Crippen LogP contribution in [0.25, 0.3) is 0 Å². The summed E-state index contributed by atoms with van der Waals surface area (Å²) in [5.41, 5.74) is 1.07.